The quantitative estimate of drug-likeness (QED) is 0.478. The van der Waals surface area contributed by atoms with Crippen molar-refractivity contribution in [2.45, 2.75) is 63.6 Å². The smallest absolute Gasteiger partial charge is 0.221 e. The first-order valence-corrected chi connectivity index (χ1v) is 7.44. The van der Waals surface area contributed by atoms with E-state index in [2.05, 4.69) is 13.8 Å². The third-order valence-corrected chi connectivity index (χ3v) is 4.01. The fraction of sp³-hybridized carbons (Fsp3) is 1.00. The van der Waals surface area contributed by atoms with Crippen molar-refractivity contribution >= 4 is 0 Å². The Morgan fingerprint density at radius 1 is 1.25 bits per heavy atom. The van der Waals surface area contributed by atoms with Gasteiger partial charge in [0.2, 0.25) is 5.79 Å². The first-order valence-electron chi connectivity index (χ1n) is 7.44. The van der Waals surface area contributed by atoms with Crippen molar-refractivity contribution in [1.82, 2.24) is 0 Å². The van der Waals surface area contributed by atoms with Crippen LogP contribution in [0.4, 0.5) is 0 Å². The van der Waals surface area contributed by atoms with Gasteiger partial charge < -0.3 is 29.9 Å². The molecule has 0 amide bonds. The molecule has 6 heteroatoms. The van der Waals surface area contributed by atoms with Gasteiger partial charge in [0.05, 0.1) is 13.2 Å². The molecular weight excluding hydrogens is 264 g/mol. The van der Waals surface area contributed by atoms with Crippen molar-refractivity contribution < 1.29 is 29.9 Å². The molecule has 2 unspecified atom stereocenters. The molecule has 5 atom stereocenters. The Morgan fingerprint density at radius 2 is 1.95 bits per heavy atom. The monoisotopic (exact) mass is 292 g/mol. The molecule has 0 aromatic heterocycles. The SMILES string of the molecule is CCCCC(CC)COC1(CO)O[C@H](CO)[C@@H](O)[C@@H]1O. The minimum atomic E-state index is -1.63. The Bertz CT molecular complexity index is 274. The van der Waals surface area contributed by atoms with Gasteiger partial charge in [0.25, 0.3) is 0 Å². The van der Waals surface area contributed by atoms with Crippen molar-refractivity contribution in [3.63, 3.8) is 0 Å². The van der Waals surface area contributed by atoms with E-state index in [1.54, 1.807) is 0 Å². The lowest BCUT2D eigenvalue weighted by atomic mass is 10.00. The minimum absolute atomic E-state index is 0.319. The first kappa shape index (κ1) is 17.8. The zero-order chi connectivity index (χ0) is 15.2. The molecule has 1 aliphatic rings. The van der Waals surface area contributed by atoms with Crippen molar-refractivity contribution in [1.29, 1.82) is 0 Å². The first-order chi connectivity index (χ1) is 9.54. The van der Waals surface area contributed by atoms with Gasteiger partial charge in [0, 0.05) is 0 Å². The minimum Gasteiger partial charge on any atom is -0.394 e. The molecule has 1 saturated heterocycles. The normalized spacial score (nSPS) is 35.4. The molecule has 0 aliphatic carbocycles. The van der Waals surface area contributed by atoms with Gasteiger partial charge >= 0.3 is 0 Å². The van der Waals surface area contributed by atoms with Gasteiger partial charge in [-0.3, -0.25) is 0 Å². The van der Waals surface area contributed by atoms with Crippen LogP contribution in [0.1, 0.15) is 39.5 Å². The second kappa shape index (κ2) is 8.26. The summed E-state index contributed by atoms with van der Waals surface area (Å²) < 4.78 is 11.0. The third-order valence-electron chi connectivity index (χ3n) is 4.01. The summed E-state index contributed by atoms with van der Waals surface area (Å²) in [4.78, 5) is 0. The van der Waals surface area contributed by atoms with Gasteiger partial charge in [-0.15, -0.1) is 0 Å². The van der Waals surface area contributed by atoms with Crippen LogP contribution in [-0.2, 0) is 9.47 Å². The number of aliphatic hydroxyl groups excluding tert-OH is 4. The summed E-state index contributed by atoms with van der Waals surface area (Å²) in [5.41, 5.74) is 0. The summed E-state index contributed by atoms with van der Waals surface area (Å²) in [5, 5.41) is 38.3. The Labute approximate surface area is 120 Å². The maximum atomic E-state index is 10.0. The zero-order valence-corrected chi connectivity index (χ0v) is 12.4. The van der Waals surface area contributed by atoms with Crippen molar-refractivity contribution in [3.05, 3.63) is 0 Å². The summed E-state index contributed by atoms with van der Waals surface area (Å²) in [6.07, 6.45) is 0.579. The molecule has 0 spiro atoms. The maximum absolute atomic E-state index is 10.0. The van der Waals surface area contributed by atoms with Crippen LogP contribution in [-0.4, -0.2) is 64.3 Å². The molecule has 1 heterocycles. The lowest BCUT2D eigenvalue weighted by molar-refractivity contribution is -0.280. The average molecular weight is 292 g/mol. The van der Waals surface area contributed by atoms with Crippen LogP contribution in [0.25, 0.3) is 0 Å². The zero-order valence-electron chi connectivity index (χ0n) is 12.4. The van der Waals surface area contributed by atoms with Crippen LogP contribution in [0.15, 0.2) is 0 Å². The highest BCUT2D eigenvalue weighted by molar-refractivity contribution is 4.96. The van der Waals surface area contributed by atoms with Crippen LogP contribution in [0, 0.1) is 5.92 Å². The van der Waals surface area contributed by atoms with E-state index < -0.39 is 37.3 Å². The van der Waals surface area contributed by atoms with Gasteiger partial charge in [-0.05, 0) is 12.3 Å². The van der Waals surface area contributed by atoms with Crippen LogP contribution >= 0.6 is 0 Å². The number of hydrogen-bond acceptors (Lipinski definition) is 6. The van der Waals surface area contributed by atoms with Crippen LogP contribution in [0.3, 0.4) is 0 Å². The largest absolute Gasteiger partial charge is 0.394 e. The molecule has 20 heavy (non-hydrogen) atoms. The van der Waals surface area contributed by atoms with Gasteiger partial charge in [-0.2, -0.15) is 0 Å². The van der Waals surface area contributed by atoms with Crippen molar-refractivity contribution in [2.75, 3.05) is 19.8 Å². The predicted molar refractivity (Wildman–Crippen MR) is 73.0 cm³/mol. The van der Waals surface area contributed by atoms with Gasteiger partial charge in [-0.1, -0.05) is 33.1 Å². The topological polar surface area (TPSA) is 99.4 Å². The molecular formula is C14H28O6. The average Bonchev–Trinajstić information content (AvgIpc) is 2.72. The van der Waals surface area contributed by atoms with E-state index >= 15 is 0 Å². The Morgan fingerprint density at radius 3 is 2.40 bits per heavy atom. The molecule has 1 rings (SSSR count). The van der Waals surface area contributed by atoms with Gasteiger partial charge in [-0.25, -0.2) is 0 Å². The molecule has 0 radical (unpaired) electrons. The van der Waals surface area contributed by atoms with E-state index in [1.807, 2.05) is 0 Å². The lowest BCUT2D eigenvalue weighted by Crippen LogP contribution is -2.49. The number of rotatable bonds is 9. The Hall–Kier alpha value is -0.240. The molecule has 120 valence electrons. The highest BCUT2D eigenvalue weighted by Crippen LogP contribution is 2.33. The number of ether oxygens (including phenoxy) is 2. The fourth-order valence-corrected chi connectivity index (χ4v) is 2.46. The predicted octanol–water partition coefficient (Wildman–Crippen LogP) is 0.0209. The summed E-state index contributed by atoms with van der Waals surface area (Å²) in [6.45, 7) is 3.53. The van der Waals surface area contributed by atoms with Gasteiger partial charge in [0.15, 0.2) is 0 Å². The number of unbranched alkanes of at least 4 members (excludes halogenated alkanes) is 1. The Balaban J connectivity index is 2.61. The second-order valence-corrected chi connectivity index (χ2v) is 5.47. The van der Waals surface area contributed by atoms with E-state index in [1.165, 1.54) is 0 Å². The Kier molecular flexibility index (Phi) is 7.36. The van der Waals surface area contributed by atoms with Crippen LogP contribution in [0.5, 0.6) is 0 Å². The van der Waals surface area contributed by atoms with E-state index in [0.29, 0.717) is 12.5 Å². The number of aliphatic hydroxyl groups is 4. The fourth-order valence-electron chi connectivity index (χ4n) is 2.46. The summed E-state index contributed by atoms with van der Waals surface area (Å²) in [7, 11) is 0. The molecule has 4 N–H and O–H groups in total. The van der Waals surface area contributed by atoms with Crippen molar-refractivity contribution in [2.24, 2.45) is 5.92 Å². The van der Waals surface area contributed by atoms with E-state index in [4.69, 9.17) is 14.6 Å². The lowest BCUT2D eigenvalue weighted by Gasteiger charge is -2.31. The summed E-state index contributed by atoms with van der Waals surface area (Å²) >= 11 is 0. The summed E-state index contributed by atoms with van der Waals surface area (Å²) in [5.74, 6) is -1.31. The standard InChI is InChI=1S/C14H28O6/c1-3-5-6-10(4-2)8-19-14(9-16)13(18)12(17)11(7-15)20-14/h10-13,15-18H,3-9H2,1-2H3/t10?,11-,12-,13+,14?/m1/s1. The van der Waals surface area contributed by atoms with Gasteiger partial charge in [0.1, 0.15) is 24.9 Å². The highest BCUT2D eigenvalue weighted by Gasteiger charge is 2.55. The van der Waals surface area contributed by atoms with E-state index in [9.17, 15) is 15.3 Å². The second-order valence-electron chi connectivity index (χ2n) is 5.47. The molecule has 0 bridgehead atoms. The molecule has 1 aliphatic heterocycles. The summed E-state index contributed by atoms with van der Waals surface area (Å²) in [6, 6.07) is 0. The van der Waals surface area contributed by atoms with Crippen molar-refractivity contribution in [3.8, 4) is 0 Å². The van der Waals surface area contributed by atoms with Crippen LogP contribution < -0.4 is 0 Å². The molecule has 0 aromatic rings. The molecule has 1 fully saturated rings. The van der Waals surface area contributed by atoms with E-state index in [-0.39, 0.29) is 0 Å². The molecule has 0 aromatic carbocycles. The number of hydrogen-bond donors (Lipinski definition) is 4. The third kappa shape index (κ3) is 3.90. The molecule has 0 saturated carbocycles. The van der Waals surface area contributed by atoms with Crippen LogP contribution in [0.2, 0.25) is 0 Å². The van der Waals surface area contributed by atoms with E-state index in [0.717, 1.165) is 25.7 Å². The maximum Gasteiger partial charge on any atom is 0.221 e. The molecule has 6 nitrogen and oxygen atoms in total. The highest BCUT2D eigenvalue weighted by atomic mass is 16.7.